The monoisotopic (exact) mass is 231 g/mol. The fourth-order valence-corrected chi connectivity index (χ4v) is 3.10. The molecule has 1 aliphatic rings. The van der Waals surface area contributed by atoms with Gasteiger partial charge in [-0.2, -0.15) is 0 Å². The molecule has 0 aromatic heterocycles. The molecule has 1 fully saturated rings. The van der Waals surface area contributed by atoms with Crippen LogP contribution in [0.5, 0.6) is 0 Å². The van der Waals surface area contributed by atoms with Crippen molar-refractivity contribution in [2.75, 3.05) is 6.54 Å². The molecular weight excluding hydrogens is 206 g/mol. The molecule has 0 spiro atoms. The average Bonchev–Trinajstić information content (AvgIpc) is 2.40. The molecule has 0 bridgehead atoms. The average molecular weight is 231 g/mol. The highest BCUT2D eigenvalue weighted by Crippen LogP contribution is 2.30. The standard InChI is InChI=1S/C16H25N/c1-3-9-16-12-7-8-13-17(16)14(2)15-10-5-4-6-11-15/h4-6,10-11,14,16H,3,7-9,12-13H2,1-2H3. The number of benzene rings is 1. The van der Waals surface area contributed by atoms with Crippen LogP contribution in [0.1, 0.15) is 57.6 Å². The largest absolute Gasteiger partial charge is 0.294 e. The lowest BCUT2D eigenvalue weighted by molar-refractivity contribution is 0.0963. The number of nitrogens with zero attached hydrogens (tertiary/aromatic N) is 1. The van der Waals surface area contributed by atoms with Crippen molar-refractivity contribution in [1.29, 1.82) is 0 Å². The van der Waals surface area contributed by atoms with E-state index >= 15 is 0 Å². The second-order valence-corrected chi connectivity index (χ2v) is 5.26. The first-order valence-corrected chi connectivity index (χ1v) is 7.13. The summed E-state index contributed by atoms with van der Waals surface area (Å²) < 4.78 is 0. The maximum Gasteiger partial charge on any atom is 0.0322 e. The maximum absolute atomic E-state index is 2.72. The van der Waals surface area contributed by atoms with Crippen molar-refractivity contribution >= 4 is 0 Å². The predicted molar refractivity (Wildman–Crippen MR) is 74.1 cm³/mol. The summed E-state index contributed by atoms with van der Waals surface area (Å²) in [5.41, 5.74) is 1.47. The van der Waals surface area contributed by atoms with Crippen molar-refractivity contribution in [3.8, 4) is 0 Å². The van der Waals surface area contributed by atoms with Gasteiger partial charge >= 0.3 is 0 Å². The Balaban J connectivity index is 2.08. The second kappa shape index (κ2) is 6.20. The highest BCUT2D eigenvalue weighted by atomic mass is 15.2. The lowest BCUT2D eigenvalue weighted by Crippen LogP contribution is -2.41. The lowest BCUT2D eigenvalue weighted by Gasteiger charge is -2.40. The Kier molecular flexibility index (Phi) is 4.61. The van der Waals surface area contributed by atoms with Gasteiger partial charge in [0.25, 0.3) is 0 Å². The molecule has 1 heteroatoms. The third-order valence-corrected chi connectivity index (χ3v) is 4.07. The van der Waals surface area contributed by atoms with E-state index in [1.165, 1.54) is 44.2 Å². The molecule has 0 amide bonds. The zero-order valence-electron chi connectivity index (χ0n) is 11.2. The Labute approximate surface area is 106 Å². The molecule has 2 unspecified atom stereocenters. The first-order chi connectivity index (χ1) is 8.33. The van der Waals surface area contributed by atoms with E-state index in [9.17, 15) is 0 Å². The SMILES string of the molecule is CCCC1CCCCN1C(C)c1ccccc1. The van der Waals surface area contributed by atoms with Crippen LogP contribution in [0.25, 0.3) is 0 Å². The third-order valence-electron chi connectivity index (χ3n) is 4.07. The number of hydrogen-bond acceptors (Lipinski definition) is 1. The molecule has 1 heterocycles. The number of piperidine rings is 1. The van der Waals surface area contributed by atoms with Gasteiger partial charge in [0.1, 0.15) is 0 Å². The smallest absolute Gasteiger partial charge is 0.0322 e. The van der Waals surface area contributed by atoms with Crippen LogP contribution in [-0.2, 0) is 0 Å². The summed E-state index contributed by atoms with van der Waals surface area (Å²) in [6.07, 6.45) is 6.85. The lowest BCUT2D eigenvalue weighted by atomic mass is 9.94. The normalized spacial score (nSPS) is 23.5. The van der Waals surface area contributed by atoms with E-state index in [1.807, 2.05) is 0 Å². The minimum Gasteiger partial charge on any atom is -0.294 e. The Morgan fingerprint density at radius 3 is 2.71 bits per heavy atom. The molecule has 0 aliphatic carbocycles. The molecule has 2 atom stereocenters. The van der Waals surface area contributed by atoms with Crippen molar-refractivity contribution < 1.29 is 0 Å². The van der Waals surface area contributed by atoms with Crippen LogP contribution >= 0.6 is 0 Å². The predicted octanol–water partition coefficient (Wildman–Crippen LogP) is 4.40. The maximum atomic E-state index is 2.72. The van der Waals surface area contributed by atoms with E-state index in [-0.39, 0.29) is 0 Å². The van der Waals surface area contributed by atoms with Crippen LogP contribution in [0.3, 0.4) is 0 Å². The molecular formula is C16H25N. The summed E-state index contributed by atoms with van der Waals surface area (Å²) in [6, 6.07) is 12.3. The van der Waals surface area contributed by atoms with E-state index in [1.54, 1.807) is 0 Å². The fourth-order valence-electron chi connectivity index (χ4n) is 3.10. The first kappa shape index (κ1) is 12.6. The van der Waals surface area contributed by atoms with Gasteiger partial charge in [-0.1, -0.05) is 50.1 Å². The third kappa shape index (κ3) is 3.10. The summed E-state index contributed by atoms with van der Waals surface area (Å²) >= 11 is 0. The van der Waals surface area contributed by atoms with Gasteiger partial charge in [-0.3, -0.25) is 4.90 Å². The van der Waals surface area contributed by atoms with Gasteiger partial charge in [0.2, 0.25) is 0 Å². The van der Waals surface area contributed by atoms with Crippen LogP contribution in [0.2, 0.25) is 0 Å². The highest BCUT2D eigenvalue weighted by molar-refractivity contribution is 5.18. The summed E-state index contributed by atoms with van der Waals surface area (Å²) in [6.45, 7) is 5.95. The van der Waals surface area contributed by atoms with Crippen molar-refractivity contribution in [1.82, 2.24) is 4.90 Å². The molecule has 1 aromatic carbocycles. The van der Waals surface area contributed by atoms with E-state index in [2.05, 4.69) is 49.1 Å². The van der Waals surface area contributed by atoms with Crippen LogP contribution in [0.4, 0.5) is 0 Å². The van der Waals surface area contributed by atoms with Crippen LogP contribution in [0.15, 0.2) is 30.3 Å². The van der Waals surface area contributed by atoms with Gasteiger partial charge in [0, 0.05) is 12.1 Å². The minimum atomic E-state index is 0.577. The molecule has 0 radical (unpaired) electrons. The molecule has 1 nitrogen and oxygen atoms in total. The van der Waals surface area contributed by atoms with Gasteiger partial charge in [0.05, 0.1) is 0 Å². The Bertz CT molecular complexity index is 318. The molecule has 1 aromatic rings. The Hall–Kier alpha value is -0.820. The fraction of sp³-hybridized carbons (Fsp3) is 0.625. The molecule has 2 rings (SSSR count). The summed E-state index contributed by atoms with van der Waals surface area (Å²) in [5, 5.41) is 0. The van der Waals surface area contributed by atoms with E-state index < -0.39 is 0 Å². The number of rotatable bonds is 4. The van der Waals surface area contributed by atoms with Gasteiger partial charge < -0.3 is 0 Å². The number of likely N-dealkylation sites (tertiary alicyclic amines) is 1. The van der Waals surface area contributed by atoms with Crippen LogP contribution < -0.4 is 0 Å². The minimum absolute atomic E-state index is 0.577. The van der Waals surface area contributed by atoms with Gasteiger partial charge in [-0.15, -0.1) is 0 Å². The Morgan fingerprint density at radius 1 is 1.24 bits per heavy atom. The molecule has 0 N–H and O–H groups in total. The summed E-state index contributed by atoms with van der Waals surface area (Å²) in [7, 11) is 0. The van der Waals surface area contributed by atoms with Gasteiger partial charge in [-0.25, -0.2) is 0 Å². The first-order valence-electron chi connectivity index (χ1n) is 7.13. The molecule has 1 saturated heterocycles. The van der Waals surface area contributed by atoms with Gasteiger partial charge in [-0.05, 0) is 38.3 Å². The number of hydrogen-bond donors (Lipinski definition) is 0. The van der Waals surface area contributed by atoms with Crippen molar-refractivity contribution in [3.63, 3.8) is 0 Å². The van der Waals surface area contributed by atoms with Crippen LogP contribution in [-0.4, -0.2) is 17.5 Å². The van der Waals surface area contributed by atoms with Gasteiger partial charge in [0.15, 0.2) is 0 Å². The second-order valence-electron chi connectivity index (χ2n) is 5.26. The zero-order valence-corrected chi connectivity index (χ0v) is 11.2. The topological polar surface area (TPSA) is 3.24 Å². The molecule has 94 valence electrons. The summed E-state index contributed by atoms with van der Waals surface area (Å²) in [5.74, 6) is 0. The van der Waals surface area contributed by atoms with E-state index in [4.69, 9.17) is 0 Å². The van der Waals surface area contributed by atoms with Crippen LogP contribution in [0, 0.1) is 0 Å². The summed E-state index contributed by atoms with van der Waals surface area (Å²) in [4.78, 5) is 2.72. The zero-order chi connectivity index (χ0) is 12.1. The molecule has 17 heavy (non-hydrogen) atoms. The molecule has 0 saturated carbocycles. The van der Waals surface area contributed by atoms with Crippen molar-refractivity contribution in [2.24, 2.45) is 0 Å². The molecule has 1 aliphatic heterocycles. The van der Waals surface area contributed by atoms with Crippen molar-refractivity contribution in [3.05, 3.63) is 35.9 Å². The van der Waals surface area contributed by atoms with Crippen molar-refractivity contribution in [2.45, 2.75) is 58.0 Å². The van der Waals surface area contributed by atoms with E-state index in [0.717, 1.165) is 6.04 Å². The quantitative estimate of drug-likeness (QED) is 0.742. The van der Waals surface area contributed by atoms with E-state index in [0.29, 0.717) is 6.04 Å². The Morgan fingerprint density at radius 2 is 2.00 bits per heavy atom. The highest BCUT2D eigenvalue weighted by Gasteiger charge is 2.26.